The molecule has 0 radical (unpaired) electrons. The predicted octanol–water partition coefficient (Wildman–Crippen LogP) is 2.91. The SMILES string of the molecule is CCN(CC)C(=O)c1nc(C(=O)Nc2cccc(NC(C)=O)c2)c2n1CCCC2. The minimum Gasteiger partial charge on any atom is -0.337 e. The number of nitrogens with zero attached hydrogens (tertiary/aromatic N) is 3. The zero-order chi connectivity index (χ0) is 21.0. The number of anilines is 2. The number of amides is 3. The third-order valence-electron chi connectivity index (χ3n) is 5.02. The Morgan fingerprint density at radius 2 is 1.79 bits per heavy atom. The number of benzene rings is 1. The Balaban J connectivity index is 1.89. The molecule has 0 bridgehead atoms. The lowest BCUT2D eigenvalue weighted by molar-refractivity contribution is -0.114. The Morgan fingerprint density at radius 3 is 2.45 bits per heavy atom. The number of carbonyl (C=O) groups excluding carboxylic acids is 3. The molecule has 1 aliphatic rings. The van der Waals surface area contributed by atoms with Crippen molar-refractivity contribution in [2.45, 2.75) is 46.6 Å². The summed E-state index contributed by atoms with van der Waals surface area (Å²) in [7, 11) is 0. The van der Waals surface area contributed by atoms with Crippen LogP contribution >= 0.6 is 0 Å². The van der Waals surface area contributed by atoms with Crippen LogP contribution in [0.15, 0.2) is 24.3 Å². The van der Waals surface area contributed by atoms with Crippen LogP contribution in [0.5, 0.6) is 0 Å². The van der Waals surface area contributed by atoms with Gasteiger partial charge in [0.1, 0.15) is 0 Å². The van der Waals surface area contributed by atoms with Crippen LogP contribution in [-0.2, 0) is 17.8 Å². The summed E-state index contributed by atoms with van der Waals surface area (Å²) >= 11 is 0. The van der Waals surface area contributed by atoms with Crippen molar-refractivity contribution in [1.29, 1.82) is 0 Å². The molecule has 1 aromatic heterocycles. The molecule has 0 saturated heterocycles. The third kappa shape index (κ3) is 4.47. The molecule has 2 N–H and O–H groups in total. The van der Waals surface area contributed by atoms with E-state index >= 15 is 0 Å². The molecular weight excluding hydrogens is 370 g/mol. The molecule has 8 nitrogen and oxygen atoms in total. The first-order chi connectivity index (χ1) is 13.9. The lowest BCUT2D eigenvalue weighted by Crippen LogP contribution is -2.33. The average molecular weight is 397 g/mol. The molecule has 0 aliphatic carbocycles. The van der Waals surface area contributed by atoms with Gasteiger partial charge in [-0.3, -0.25) is 14.4 Å². The number of aromatic nitrogens is 2. The highest BCUT2D eigenvalue weighted by Gasteiger charge is 2.29. The van der Waals surface area contributed by atoms with Crippen LogP contribution in [0.2, 0.25) is 0 Å². The van der Waals surface area contributed by atoms with E-state index in [1.54, 1.807) is 29.2 Å². The summed E-state index contributed by atoms with van der Waals surface area (Å²) in [6, 6.07) is 6.92. The second-order valence-electron chi connectivity index (χ2n) is 7.03. The number of rotatable bonds is 6. The van der Waals surface area contributed by atoms with Gasteiger partial charge in [0.15, 0.2) is 11.5 Å². The molecule has 29 heavy (non-hydrogen) atoms. The van der Waals surface area contributed by atoms with Crippen LogP contribution in [-0.4, -0.2) is 45.3 Å². The normalized spacial score (nSPS) is 12.8. The first-order valence-electron chi connectivity index (χ1n) is 10.0. The number of carbonyl (C=O) groups is 3. The molecule has 3 rings (SSSR count). The summed E-state index contributed by atoms with van der Waals surface area (Å²) < 4.78 is 1.90. The molecule has 2 aromatic rings. The Labute approximate surface area is 170 Å². The van der Waals surface area contributed by atoms with Gasteiger partial charge in [0.2, 0.25) is 5.91 Å². The van der Waals surface area contributed by atoms with E-state index in [1.807, 2.05) is 18.4 Å². The second kappa shape index (κ2) is 8.89. The van der Waals surface area contributed by atoms with E-state index in [9.17, 15) is 14.4 Å². The van der Waals surface area contributed by atoms with Gasteiger partial charge in [-0.1, -0.05) is 6.07 Å². The van der Waals surface area contributed by atoms with E-state index in [0.717, 1.165) is 18.5 Å². The molecule has 8 heteroatoms. The van der Waals surface area contributed by atoms with Crippen molar-refractivity contribution < 1.29 is 14.4 Å². The van der Waals surface area contributed by atoms with Crippen molar-refractivity contribution in [3.8, 4) is 0 Å². The maximum atomic E-state index is 13.0. The maximum Gasteiger partial charge on any atom is 0.289 e. The predicted molar refractivity (Wildman–Crippen MR) is 111 cm³/mol. The molecule has 154 valence electrons. The van der Waals surface area contributed by atoms with Gasteiger partial charge in [0.25, 0.3) is 11.8 Å². The van der Waals surface area contributed by atoms with Crippen molar-refractivity contribution >= 4 is 29.1 Å². The van der Waals surface area contributed by atoms with Gasteiger partial charge in [0, 0.05) is 37.9 Å². The highest BCUT2D eigenvalue weighted by molar-refractivity contribution is 6.05. The zero-order valence-corrected chi connectivity index (χ0v) is 17.1. The van der Waals surface area contributed by atoms with Crippen molar-refractivity contribution in [2.24, 2.45) is 0 Å². The van der Waals surface area contributed by atoms with Crippen molar-refractivity contribution in [3.63, 3.8) is 0 Å². The summed E-state index contributed by atoms with van der Waals surface area (Å²) in [5.41, 5.74) is 2.25. The number of nitrogens with one attached hydrogen (secondary N) is 2. The summed E-state index contributed by atoms with van der Waals surface area (Å²) in [4.78, 5) is 43.3. The van der Waals surface area contributed by atoms with Crippen molar-refractivity contribution in [1.82, 2.24) is 14.5 Å². The minimum atomic E-state index is -0.353. The molecule has 0 atom stereocenters. The molecule has 1 aliphatic heterocycles. The van der Waals surface area contributed by atoms with Gasteiger partial charge < -0.3 is 20.1 Å². The second-order valence-corrected chi connectivity index (χ2v) is 7.03. The van der Waals surface area contributed by atoms with E-state index in [-0.39, 0.29) is 17.7 Å². The van der Waals surface area contributed by atoms with Crippen LogP contribution in [0.3, 0.4) is 0 Å². The first kappa shape index (κ1) is 20.6. The topological polar surface area (TPSA) is 96.3 Å². The summed E-state index contributed by atoms with van der Waals surface area (Å²) in [6.45, 7) is 7.16. The number of hydrogen-bond acceptors (Lipinski definition) is 4. The van der Waals surface area contributed by atoms with Gasteiger partial charge in [-0.25, -0.2) is 4.98 Å². The zero-order valence-electron chi connectivity index (χ0n) is 17.1. The van der Waals surface area contributed by atoms with E-state index in [1.165, 1.54) is 6.92 Å². The molecule has 1 aromatic carbocycles. The van der Waals surface area contributed by atoms with Gasteiger partial charge >= 0.3 is 0 Å². The lowest BCUT2D eigenvalue weighted by atomic mass is 10.1. The molecule has 0 spiro atoms. The van der Waals surface area contributed by atoms with Crippen LogP contribution in [0.4, 0.5) is 11.4 Å². The Hall–Kier alpha value is -3.16. The summed E-state index contributed by atoms with van der Waals surface area (Å²) in [5.74, 6) is -0.351. The van der Waals surface area contributed by atoms with E-state index in [2.05, 4.69) is 15.6 Å². The van der Waals surface area contributed by atoms with Gasteiger partial charge in [-0.05, 0) is 51.3 Å². The largest absolute Gasteiger partial charge is 0.337 e. The van der Waals surface area contributed by atoms with Crippen LogP contribution in [0.25, 0.3) is 0 Å². The molecule has 2 heterocycles. The Morgan fingerprint density at radius 1 is 1.10 bits per heavy atom. The highest BCUT2D eigenvalue weighted by Crippen LogP contribution is 2.23. The van der Waals surface area contributed by atoms with E-state index < -0.39 is 0 Å². The van der Waals surface area contributed by atoms with Gasteiger partial charge in [-0.2, -0.15) is 0 Å². The van der Waals surface area contributed by atoms with Gasteiger partial charge in [0.05, 0.1) is 5.69 Å². The number of fused-ring (bicyclic) bond motifs is 1. The first-order valence-corrected chi connectivity index (χ1v) is 10.0. The quantitative estimate of drug-likeness (QED) is 0.783. The Bertz CT molecular complexity index is 930. The monoisotopic (exact) mass is 397 g/mol. The third-order valence-corrected chi connectivity index (χ3v) is 5.02. The maximum absolute atomic E-state index is 13.0. The fourth-order valence-corrected chi connectivity index (χ4v) is 3.61. The van der Waals surface area contributed by atoms with E-state index in [4.69, 9.17) is 0 Å². The fourth-order valence-electron chi connectivity index (χ4n) is 3.61. The standard InChI is InChI=1S/C21H27N5O3/c1-4-25(5-2)21(29)19-24-18(17-11-6-7-12-26(17)19)20(28)23-16-10-8-9-15(13-16)22-14(3)27/h8-10,13H,4-7,11-12H2,1-3H3,(H,22,27)(H,23,28). The molecular formula is C21H27N5O3. The minimum absolute atomic E-state index is 0.148. The number of hydrogen-bond donors (Lipinski definition) is 2. The van der Waals surface area contributed by atoms with Crippen LogP contribution < -0.4 is 10.6 Å². The molecule has 0 unspecified atom stereocenters. The van der Waals surface area contributed by atoms with Gasteiger partial charge in [-0.15, -0.1) is 0 Å². The molecule has 0 fully saturated rings. The average Bonchev–Trinajstić information content (AvgIpc) is 3.08. The van der Waals surface area contributed by atoms with Crippen LogP contribution in [0, 0.1) is 0 Å². The molecule has 3 amide bonds. The van der Waals surface area contributed by atoms with E-state index in [0.29, 0.717) is 48.9 Å². The number of imidazole rings is 1. The Kier molecular flexibility index (Phi) is 6.31. The summed E-state index contributed by atoms with van der Waals surface area (Å²) in [6.07, 6.45) is 2.64. The molecule has 0 saturated carbocycles. The fraction of sp³-hybridized carbons (Fsp3) is 0.429. The van der Waals surface area contributed by atoms with Crippen LogP contribution in [0.1, 0.15) is 60.4 Å². The highest BCUT2D eigenvalue weighted by atomic mass is 16.2. The lowest BCUT2D eigenvalue weighted by Gasteiger charge is -2.21. The van der Waals surface area contributed by atoms with Crippen molar-refractivity contribution in [3.05, 3.63) is 41.5 Å². The summed E-state index contributed by atoms with van der Waals surface area (Å²) in [5, 5.41) is 5.53. The smallest absolute Gasteiger partial charge is 0.289 e. The van der Waals surface area contributed by atoms with Crippen molar-refractivity contribution in [2.75, 3.05) is 23.7 Å².